The Morgan fingerprint density at radius 2 is 2.00 bits per heavy atom. The summed E-state index contributed by atoms with van der Waals surface area (Å²) in [6.07, 6.45) is -4.51. The van der Waals surface area contributed by atoms with Crippen LogP contribution in [0.5, 0.6) is 5.75 Å². The summed E-state index contributed by atoms with van der Waals surface area (Å²) in [5.74, 6) is -0.245. The van der Waals surface area contributed by atoms with Gasteiger partial charge in [-0.05, 0) is 31.2 Å². The normalized spacial score (nSPS) is 11.7. The summed E-state index contributed by atoms with van der Waals surface area (Å²) in [6, 6.07) is 5.22. The molecule has 7 heteroatoms. The Hall–Kier alpha value is -2.18. The highest BCUT2D eigenvalue weighted by Crippen LogP contribution is 2.37. The molecule has 0 radical (unpaired) electrons. The lowest BCUT2D eigenvalue weighted by Crippen LogP contribution is -2.10. The monoisotopic (exact) mass is 285 g/mol. The number of hydrogen-bond acceptors (Lipinski definition) is 3. The molecule has 0 aliphatic heterocycles. The van der Waals surface area contributed by atoms with Crippen LogP contribution in [-0.4, -0.2) is 9.78 Å². The van der Waals surface area contributed by atoms with Crippen molar-refractivity contribution < 1.29 is 17.9 Å². The van der Waals surface area contributed by atoms with Crippen LogP contribution in [0.2, 0.25) is 0 Å². The summed E-state index contributed by atoms with van der Waals surface area (Å²) >= 11 is 0. The fourth-order valence-electron chi connectivity index (χ4n) is 1.85. The second kappa shape index (κ2) is 5.07. The molecule has 2 N–H and O–H groups in total. The number of aryl methyl sites for hydroxylation is 2. The van der Waals surface area contributed by atoms with Crippen molar-refractivity contribution in [2.75, 3.05) is 5.73 Å². The van der Waals surface area contributed by atoms with Gasteiger partial charge in [-0.2, -0.15) is 18.3 Å². The van der Waals surface area contributed by atoms with Gasteiger partial charge in [-0.3, -0.25) is 4.68 Å². The molecule has 0 saturated heterocycles. The van der Waals surface area contributed by atoms with Crippen molar-refractivity contribution in [2.45, 2.75) is 19.7 Å². The Morgan fingerprint density at radius 1 is 1.30 bits per heavy atom. The van der Waals surface area contributed by atoms with Gasteiger partial charge in [-0.1, -0.05) is 0 Å². The van der Waals surface area contributed by atoms with Gasteiger partial charge in [0.1, 0.15) is 12.4 Å². The Bertz CT molecular complexity index is 620. The van der Waals surface area contributed by atoms with Gasteiger partial charge >= 0.3 is 6.18 Å². The molecular formula is C13H14F3N3O. The van der Waals surface area contributed by atoms with Crippen LogP contribution in [0.3, 0.4) is 0 Å². The molecule has 1 aromatic carbocycles. The van der Waals surface area contributed by atoms with Crippen molar-refractivity contribution in [3.63, 3.8) is 0 Å². The number of nitrogens with zero attached hydrogens (tertiary/aromatic N) is 2. The maximum atomic E-state index is 12.9. The first-order valence-electron chi connectivity index (χ1n) is 5.86. The van der Waals surface area contributed by atoms with Crippen molar-refractivity contribution in [3.8, 4) is 5.75 Å². The van der Waals surface area contributed by atoms with E-state index in [0.717, 1.165) is 11.8 Å². The first-order chi connectivity index (χ1) is 9.27. The fourth-order valence-corrected chi connectivity index (χ4v) is 1.85. The van der Waals surface area contributed by atoms with Gasteiger partial charge in [0, 0.05) is 12.7 Å². The third kappa shape index (κ3) is 3.04. The van der Waals surface area contributed by atoms with E-state index in [2.05, 4.69) is 5.10 Å². The molecule has 0 aliphatic rings. The minimum absolute atomic E-state index is 0.00430. The van der Waals surface area contributed by atoms with Crippen LogP contribution in [0, 0.1) is 6.92 Å². The number of nitrogen functional groups attached to an aromatic ring is 1. The van der Waals surface area contributed by atoms with E-state index < -0.39 is 11.7 Å². The second-order valence-electron chi connectivity index (χ2n) is 4.44. The first-order valence-corrected chi connectivity index (χ1v) is 5.86. The maximum absolute atomic E-state index is 12.9. The van der Waals surface area contributed by atoms with E-state index in [9.17, 15) is 13.2 Å². The molecule has 20 heavy (non-hydrogen) atoms. The number of nitrogens with two attached hydrogens (primary N) is 1. The van der Waals surface area contributed by atoms with Crippen LogP contribution in [-0.2, 0) is 19.8 Å². The molecule has 0 atom stereocenters. The largest absolute Gasteiger partial charge is 0.487 e. The van der Waals surface area contributed by atoms with Crippen molar-refractivity contribution in [2.24, 2.45) is 7.05 Å². The number of halogens is 3. The number of anilines is 1. The molecule has 0 bridgehead atoms. The molecule has 0 unspecified atom stereocenters. The molecule has 0 aliphatic carbocycles. The Kier molecular flexibility index (Phi) is 3.61. The van der Waals surface area contributed by atoms with E-state index in [1.165, 1.54) is 12.1 Å². The number of ether oxygens (including phenoxy) is 1. The molecule has 2 rings (SSSR count). The average Bonchev–Trinajstić information content (AvgIpc) is 2.65. The number of hydrogen-bond donors (Lipinski definition) is 1. The molecule has 0 fully saturated rings. The second-order valence-corrected chi connectivity index (χ2v) is 4.44. The lowest BCUT2D eigenvalue weighted by atomic mass is 10.1. The van der Waals surface area contributed by atoms with Crippen molar-refractivity contribution in [1.82, 2.24) is 9.78 Å². The van der Waals surface area contributed by atoms with Crippen molar-refractivity contribution in [1.29, 1.82) is 0 Å². The summed E-state index contributed by atoms with van der Waals surface area (Å²) in [4.78, 5) is 0. The predicted octanol–water partition coefficient (Wildman–Crippen LogP) is 2.91. The Morgan fingerprint density at radius 3 is 2.55 bits per heavy atom. The molecular weight excluding hydrogens is 271 g/mol. The smallest absolute Gasteiger partial charge is 0.420 e. The standard InChI is InChI=1S/C13H14F3N3O/c1-8-5-10(19(2)18-8)7-20-12-4-3-9(17)6-11(12)13(14,15)16/h3-6H,7,17H2,1-2H3. The van der Waals surface area contributed by atoms with Gasteiger partial charge < -0.3 is 10.5 Å². The number of rotatable bonds is 3. The number of benzene rings is 1. The quantitative estimate of drug-likeness (QED) is 0.882. The van der Waals surface area contributed by atoms with Gasteiger partial charge in [0.25, 0.3) is 0 Å². The van der Waals surface area contributed by atoms with Crippen LogP contribution in [0.1, 0.15) is 17.0 Å². The average molecular weight is 285 g/mol. The topological polar surface area (TPSA) is 53.1 Å². The zero-order valence-corrected chi connectivity index (χ0v) is 11.0. The minimum Gasteiger partial charge on any atom is -0.487 e. The van der Waals surface area contributed by atoms with Gasteiger partial charge in [0.15, 0.2) is 0 Å². The highest BCUT2D eigenvalue weighted by atomic mass is 19.4. The van der Waals surface area contributed by atoms with Gasteiger partial charge in [-0.25, -0.2) is 0 Å². The lowest BCUT2D eigenvalue weighted by molar-refractivity contribution is -0.139. The molecule has 2 aromatic rings. The molecule has 1 aromatic heterocycles. The summed E-state index contributed by atoms with van der Waals surface area (Å²) < 4.78 is 45.5. The summed E-state index contributed by atoms with van der Waals surface area (Å²) in [5.41, 5.74) is 6.02. The number of aromatic nitrogens is 2. The zero-order chi connectivity index (χ0) is 14.9. The predicted molar refractivity (Wildman–Crippen MR) is 68.1 cm³/mol. The SMILES string of the molecule is Cc1cc(COc2ccc(N)cc2C(F)(F)F)n(C)n1. The number of alkyl halides is 3. The van der Waals surface area contributed by atoms with Crippen molar-refractivity contribution >= 4 is 5.69 Å². The van der Waals surface area contributed by atoms with E-state index in [1.807, 2.05) is 0 Å². The lowest BCUT2D eigenvalue weighted by Gasteiger charge is -2.14. The molecule has 0 amide bonds. The summed E-state index contributed by atoms with van der Waals surface area (Å²) in [6.45, 7) is 1.80. The van der Waals surface area contributed by atoms with E-state index in [0.29, 0.717) is 5.69 Å². The maximum Gasteiger partial charge on any atom is 0.420 e. The summed E-state index contributed by atoms with van der Waals surface area (Å²) in [5, 5.41) is 4.10. The van der Waals surface area contributed by atoms with Gasteiger partial charge in [0.05, 0.1) is 17.0 Å². The Balaban J connectivity index is 2.23. The first kappa shape index (κ1) is 14.2. The Labute approximate surface area is 114 Å². The minimum atomic E-state index is -4.51. The van der Waals surface area contributed by atoms with Gasteiger partial charge in [-0.15, -0.1) is 0 Å². The van der Waals surface area contributed by atoms with E-state index in [4.69, 9.17) is 10.5 Å². The summed E-state index contributed by atoms with van der Waals surface area (Å²) in [7, 11) is 1.71. The van der Waals surface area contributed by atoms with Crippen LogP contribution >= 0.6 is 0 Å². The third-order valence-electron chi connectivity index (χ3n) is 2.78. The molecule has 4 nitrogen and oxygen atoms in total. The van der Waals surface area contributed by atoms with Crippen LogP contribution in [0.15, 0.2) is 24.3 Å². The van der Waals surface area contributed by atoms with E-state index in [1.54, 1.807) is 24.7 Å². The van der Waals surface area contributed by atoms with Crippen LogP contribution < -0.4 is 10.5 Å². The molecule has 0 spiro atoms. The molecule has 0 saturated carbocycles. The third-order valence-corrected chi connectivity index (χ3v) is 2.78. The van der Waals surface area contributed by atoms with Crippen LogP contribution in [0.25, 0.3) is 0 Å². The van der Waals surface area contributed by atoms with Crippen LogP contribution in [0.4, 0.5) is 18.9 Å². The van der Waals surface area contributed by atoms with E-state index in [-0.39, 0.29) is 18.0 Å². The van der Waals surface area contributed by atoms with Gasteiger partial charge in [0.2, 0.25) is 0 Å². The highest BCUT2D eigenvalue weighted by molar-refractivity contribution is 5.49. The molecule has 1 heterocycles. The zero-order valence-electron chi connectivity index (χ0n) is 11.0. The fraction of sp³-hybridized carbons (Fsp3) is 0.308. The van der Waals surface area contributed by atoms with Crippen molar-refractivity contribution in [3.05, 3.63) is 41.2 Å². The van der Waals surface area contributed by atoms with E-state index >= 15 is 0 Å². The molecule has 108 valence electrons. The highest BCUT2D eigenvalue weighted by Gasteiger charge is 2.34.